The second-order valence-electron chi connectivity index (χ2n) is 6.02. The quantitative estimate of drug-likeness (QED) is 0.516. The summed E-state index contributed by atoms with van der Waals surface area (Å²) in [6.45, 7) is 5.95. The molecule has 3 heteroatoms. The Kier molecular flexibility index (Phi) is 10.8. The second-order valence-corrected chi connectivity index (χ2v) is 7.08. The van der Waals surface area contributed by atoms with Crippen molar-refractivity contribution in [2.75, 3.05) is 13.2 Å². The van der Waals surface area contributed by atoms with E-state index in [1.165, 1.54) is 25.7 Å². The summed E-state index contributed by atoms with van der Waals surface area (Å²) >= 11 is 0. The smallest absolute Gasteiger partial charge is 0.304 e. The Labute approximate surface area is 122 Å². The molecule has 2 fully saturated rings. The van der Waals surface area contributed by atoms with Crippen molar-refractivity contribution in [2.45, 2.75) is 78.1 Å². The van der Waals surface area contributed by atoms with E-state index in [2.05, 4.69) is 13.8 Å². The Balaban J connectivity index is 0.000000192. The van der Waals surface area contributed by atoms with Gasteiger partial charge in [-0.15, -0.1) is 0 Å². The van der Waals surface area contributed by atoms with Crippen LogP contribution in [-0.2, 0) is 8.85 Å². The molecular formula is C16H34O2Si. The zero-order valence-electron chi connectivity index (χ0n) is 13.2. The maximum Gasteiger partial charge on any atom is 0.304 e. The van der Waals surface area contributed by atoms with Crippen molar-refractivity contribution in [1.82, 2.24) is 0 Å². The van der Waals surface area contributed by atoms with Gasteiger partial charge in [0.1, 0.15) is 0 Å². The molecule has 0 radical (unpaired) electrons. The van der Waals surface area contributed by atoms with Gasteiger partial charge in [0.2, 0.25) is 0 Å². The third kappa shape index (κ3) is 8.11. The zero-order valence-corrected chi connectivity index (χ0v) is 14.6. The van der Waals surface area contributed by atoms with Crippen molar-refractivity contribution >= 4 is 10.0 Å². The van der Waals surface area contributed by atoms with Gasteiger partial charge in [-0.05, 0) is 24.7 Å². The fraction of sp³-hybridized carbons (Fsp3) is 1.00. The minimum atomic E-state index is -0.611. The maximum absolute atomic E-state index is 5.20. The van der Waals surface area contributed by atoms with E-state index < -0.39 is 10.0 Å². The normalized spacial score (nSPS) is 20.5. The molecule has 0 amide bonds. The number of rotatable bonds is 7. The van der Waals surface area contributed by atoms with Gasteiger partial charge < -0.3 is 8.85 Å². The Morgan fingerprint density at radius 2 is 1.11 bits per heavy atom. The second kappa shape index (κ2) is 11.9. The van der Waals surface area contributed by atoms with Crippen molar-refractivity contribution in [3.63, 3.8) is 0 Å². The van der Waals surface area contributed by atoms with Crippen LogP contribution in [-0.4, -0.2) is 23.2 Å². The summed E-state index contributed by atoms with van der Waals surface area (Å²) < 4.78 is 10.4. The maximum atomic E-state index is 5.20. The summed E-state index contributed by atoms with van der Waals surface area (Å²) in [5, 5.41) is 0. The molecular weight excluding hydrogens is 252 g/mol. The number of hydrogen-bond donors (Lipinski definition) is 0. The molecule has 0 aromatic carbocycles. The van der Waals surface area contributed by atoms with Crippen LogP contribution >= 0.6 is 0 Å². The van der Waals surface area contributed by atoms with Crippen LogP contribution in [0.4, 0.5) is 0 Å². The van der Waals surface area contributed by atoms with Crippen LogP contribution in [0.15, 0.2) is 0 Å². The summed E-state index contributed by atoms with van der Waals surface area (Å²) in [5.74, 6) is 2.31. The van der Waals surface area contributed by atoms with Crippen LogP contribution in [0.25, 0.3) is 0 Å². The molecule has 0 heterocycles. The molecule has 2 saturated carbocycles. The lowest BCUT2D eigenvalue weighted by molar-refractivity contribution is 0.222. The molecule has 2 nitrogen and oxygen atoms in total. The first-order chi connectivity index (χ1) is 9.38. The monoisotopic (exact) mass is 286 g/mol. The van der Waals surface area contributed by atoms with E-state index in [0.717, 1.165) is 37.9 Å². The minimum absolute atomic E-state index is 0.611. The minimum Gasteiger partial charge on any atom is -0.399 e. The van der Waals surface area contributed by atoms with Gasteiger partial charge in [0.05, 0.1) is 0 Å². The highest BCUT2D eigenvalue weighted by Crippen LogP contribution is 2.39. The lowest BCUT2D eigenvalue weighted by atomic mass is 9.90. The van der Waals surface area contributed by atoms with Gasteiger partial charge in [-0.25, -0.2) is 0 Å². The first-order valence-electron chi connectivity index (χ1n) is 8.54. The molecule has 0 saturated heterocycles. The van der Waals surface area contributed by atoms with E-state index in [1.807, 2.05) is 0 Å². The number of hydrogen-bond acceptors (Lipinski definition) is 2. The molecule has 0 bridgehead atoms. The molecule has 2 aliphatic rings. The third-order valence-electron chi connectivity index (χ3n) is 4.33. The van der Waals surface area contributed by atoms with Crippen molar-refractivity contribution in [1.29, 1.82) is 0 Å². The molecule has 0 unspecified atom stereocenters. The van der Waals surface area contributed by atoms with Crippen LogP contribution in [0.2, 0.25) is 0 Å². The predicted octanol–water partition coefficient (Wildman–Crippen LogP) is 4.21. The van der Waals surface area contributed by atoms with Gasteiger partial charge >= 0.3 is 10.0 Å². The van der Waals surface area contributed by atoms with Gasteiger partial charge in [0, 0.05) is 13.2 Å². The van der Waals surface area contributed by atoms with Crippen LogP contribution in [0.1, 0.15) is 78.1 Å². The largest absolute Gasteiger partial charge is 0.399 e. The van der Waals surface area contributed by atoms with E-state index in [-0.39, 0.29) is 0 Å². The predicted molar refractivity (Wildman–Crippen MR) is 84.9 cm³/mol. The first-order valence-corrected chi connectivity index (χ1v) is 9.69. The van der Waals surface area contributed by atoms with Crippen molar-refractivity contribution in [3.05, 3.63) is 0 Å². The molecule has 114 valence electrons. The molecule has 0 aliphatic heterocycles. The van der Waals surface area contributed by atoms with E-state index in [0.29, 0.717) is 0 Å². The average molecular weight is 287 g/mol. The van der Waals surface area contributed by atoms with Gasteiger partial charge in [-0.1, -0.05) is 65.2 Å². The lowest BCUT2D eigenvalue weighted by Gasteiger charge is -2.16. The molecule has 19 heavy (non-hydrogen) atoms. The average Bonchev–Trinajstić information content (AvgIpc) is 3.11. The summed E-state index contributed by atoms with van der Waals surface area (Å²) in [4.78, 5) is 0. The molecule has 0 aromatic rings. The van der Waals surface area contributed by atoms with Gasteiger partial charge in [0.25, 0.3) is 0 Å². The Morgan fingerprint density at radius 3 is 1.42 bits per heavy atom. The molecule has 2 rings (SSSR count). The van der Waals surface area contributed by atoms with E-state index >= 15 is 0 Å². The van der Waals surface area contributed by atoms with Crippen LogP contribution in [0.5, 0.6) is 0 Å². The SMILES string of the molecule is C1CCC(C2CCCC2)C1.CCCO[SiH2]OCCC. The lowest BCUT2D eigenvalue weighted by Crippen LogP contribution is -2.06. The summed E-state index contributed by atoms with van der Waals surface area (Å²) in [6.07, 6.45) is 14.6. The first kappa shape index (κ1) is 17.2. The van der Waals surface area contributed by atoms with Crippen molar-refractivity contribution in [2.24, 2.45) is 11.8 Å². The summed E-state index contributed by atoms with van der Waals surface area (Å²) in [7, 11) is -0.611. The van der Waals surface area contributed by atoms with Crippen LogP contribution < -0.4 is 0 Å². The van der Waals surface area contributed by atoms with Crippen LogP contribution in [0, 0.1) is 11.8 Å². The molecule has 0 N–H and O–H groups in total. The van der Waals surface area contributed by atoms with E-state index in [4.69, 9.17) is 8.85 Å². The molecule has 0 spiro atoms. The Hall–Kier alpha value is 0.137. The van der Waals surface area contributed by atoms with Gasteiger partial charge in [-0.3, -0.25) is 0 Å². The van der Waals surface area contributed by atoms with Gasteiger partial charge in [-0.2, -0.15) is 0 Å². The Bertz CT molecular complexity index is 167. The highest BCUT2D eigenvalue weighted by molar-refractivity contribution is 6.17. The zero-order chi connectivity index (χ0) is 13.8. The van der Waals surface area contributed by atoms with Crippen LogP contribution in [0.3, 0.4) is 0 Å². The highest BCUT2D eigenvalue weighted by Gasteiger charge is 2.26. The fourth-order valence-corrected chi connectivity index (χ4v) is 4.25. The van der Waals surface area contributed by atoms with E-state index in [9.17, 15) is 0 Å². The third-order valence-corrected chi connectivity index (χ3v) is 5.24. The topological polar surface area (TPSA) is 18.5 Å². The highest BCUT2D eigenvalue weighted by atomic mass is 28.3. The van der Waals surface area contributed by atoms with Gasteiger partial charge in [0.15, 0.2) is 0 Å². The molecule has 0 aromatic heterocycles. The molecule has 0 atom stereocenters. The molecule has 2 aliphatic carbocycles. The Morgan fingerprint density at radius 1 is 0.737 bits per heavy atom. The standard InChI is InChI=1S/C10H18.C6H16O2Si/c1-2-6-9(5-1)10-7-3-4-8-10;1-3-5-7-9-8-6-4-2/h9-10H,1-8H2;3-6,9H2,1-2H3. The summed E-state index contributed by atoms with van der Waals surface area (Å²) in [5.41, 5.74) is 0. The van der Waals surface area contributed by atoms with E-state index in [1.54, 1.807) is 25.7 Å². The fourth-order valence-electron chi connectivity index (χ4n) is 3.32. The van der Waals surface area contributed by atoms with Crippen molar-refractivity contribution in [3.8, 4) is 0 Å². The summed E-state index contributed by atoms with van der Waals surface area (Å²) in [6, 6.07) is 0. The van der Waals surface area contributed by atoms with Crippen molar-refractivity contribution < 1.29 is 8.85 Å².